The molecular weight excluding hydrogens is 369 g/mol. The molecule has 27 heavy (non-hydrogen) atoms. The van der Waals surface area contributed by atoms with E-state index in [0.29, 0.717) is 11.5 Å². The van der Waals surface area contributed by atoms with E-state index in [1.807, 2.05) is 18.7 Å². The third-order valence-electron chi connectivity index (χ3n) is 5.31. The molecule has 2 saturated heterocycles. The van der Waals surface area contributed by atoms with Gasteiger partial charge in [-0.25, -0.2) is 14.1 Å². The average Bonchev–Trinajstić information content (AvgIpc) is 3.15. The van der Waals surface area contributed by atoms with E-state index in [2.05, 4.69) is 15.4 Å². The molecule has 0 spiro atoms. The predicted molar refractivity (Wildman–Crippen MR) is 103 cm³/mol. The van der Waals surface area contributed by atoms with Gasteiger partial charge in [0.1, 0.15) is 17.3 Å². The van der Waals surface area contributed by atoms with E-state index < -0.39 is 0 Å². The van der Waals surface area contributed by atoms with E-state index in [1.54, 1.807) is 18.2 Å². The van der Waals surface area contributed by atoms with Crippen molar-refractivity contribution in [2.45, 2.75) is 51.1 Å². The summed E-state index contributed by atoms with van der Waals surface area (Å²) >= 11 is 0. The summed E-state index contributed by atoms with van der Waals surface area (Å²) in [6.45, 7) is 5.68. The molecule has 1 aromatic carbocycles. The number of halogens is 2. The van der Waals surface area contributed by atoms with E-state index in [-0.39, 0.29) is 48.0 Å². The van der Waals surface area contributed by atoms with Gasteiger partial charge in [0.2, 0.25) is 5.82 Å². The molecule has 2 unspecified atom stereocenters. The van der Waals surface area contributed by atoms with Gasteiger partial charge in [0, 0.05) is 24.5 Å². The maximum atomic E-state index is 14.3. The third kappa shape index (κ3) is 3.58. The summed E-state index contributed by atoms with van der Waals surface area (Å²) in [5, 5.41) is 7.81. The van der Waals surface area contributed by atoms with Crippen LogP contribution < -0.4 is 5.32 Å². The van der Waals surface area contributed by atoms with Crippen LogP contribution in [0.1, 0.15) is 55.5 Å². The zero-order valence-corrected chi connectivity index (χ0v) is 16.4. The molecule has 3 heterocycles. The molecule has 0 saturated carbocycles. The summed E-state index contributed by atoms with van der Waals surface area (Å²) in [6.07, 6.45) is 2.99. The van der Waals surface area contributed by atoms with Gasteiger partial charge in [0.05, 0.1) is 0 Å². The van der Waals surface area contributed by atoms with Crippen molar-refractivity contribution >= 4 is 18.3 Å². The molecule has 2 bridgehead atoms. The van der Waals surface area contributed by atoms with Crippen LogP contribution in [0.5, 0.6) is 0 Å². The Balaban J connectivity index is 0.00000210. The van der Waals surface area contributed by atoms with Crippen molar-refractivity contribution in [1.29, 1.82) is 0 Å². The number of benzene rings is 1. The highest BCUT2D eigenvalue weighted by Crippen LogP contribution is 2.29. The summed E-state index contributed by atoms with van der Waals surface area (Å²) in [4.78, 5) is 19.6. The Morgan fingerprint density at radius 3 is 2.70 bits per heavy atom. The van der Waals surface area contributed by atoms with Gasteiger partial charge in [-0.1, -0.05) is 26.0 Å². The van der Waals surface area contributed by atoms with Gasteiger partial charge in [0.15, 0.2) is 0 Å². The largest absolute Gasteiger partial charge is 0.329 e. The van der Waals surface area contributed by atoms with Crippen molar-refractivity contribution in [1.82, 2.24) is 25.0 Å². The second kappa shape index (κ2) is 7.94. The van der Waals surface area contributed by atoms with Gasteiger partial charge in [0.25, 0.3) is 5.91 Å². The van der Waals surface area contributed by atoms with E-state index >= 15 is 0 Å². The highest BCUT2D eigenvalue weighted by Gasteiger charge is 2.40. The van der Waals surface area contributed by atoms with Gasteiger partial charge in [-0.15, -0.1) is 17.5 Å². The molecule has 8 heteroatoms. The van der Waals surface area contributed by atoms with E-state index in [4.69, 9.17) is 0 Å². The van der Waals surface area contributed by atoms with Crippen LogP contribution in [0.3, 0.4) is 0 Å². The lowest BCUT2D eigenvalue weighted by molar-refractivity contribution is 0.0667. The summed E-state index contributed by atoms with van der Waals surface area (Å²) in [7, 11) is 0. The highest BCUT2D eigenvalue weighted by molar-refractivity contribution is 5.91. The number of carbonyl (C=O) groups is 1. The Hall–Kier alpha value is -1.99. The number of fused-ring (bicyclic) bond motifs is 2. The Kier molecular flexibility index (Phi) is 5.81. The fraction of sp³-hybridized carbons (Fsp3) is 0.526. The number of hydrogen-bond acceptors (Lipinski definition) is 4. The number of hydrogen-bond donors (Lipinski definition) is 1. The van der Waals surface area contributed by atoms with Crippen LogP contribution in [-0.2, 0) is 0 Å². The summed E-state index contributed by atoms with van der Waals surface area (Å²) in [5.74, 6) is 0.260. The number of para-hydroxylation sites is 1. The monoisotopic (exact) mass is 393 g/mol. The molecule has 146 valence electrons. The first kappa shape index (κ1) is 19.8. The van der Waals surface area contributed by atoms with Gasteiger partial charge in [-0.05, 0) is 37.9 Å². The first-order valence-corrected chi connectivity index (χ1v) is 9.31. The van der Waals surface area contributed by atoms with Crippen LogP contribution in [0, 0.1) is 5.82 Å². The molecule has 2 fully saturated rings. The molecule has 2 aliphatic heterocycles. The molecule has 2 atom stereocenters. The van der Waals surface area contributed by atoms with Crippen LogP contribution in [-0.4, -0.2) is 50.7 Å². The molecule has 1 aromatic heterocycles. The fourth-order valence-electron chi connectivity index (χ4n) is 4.02. The second-order valence-corrected chi connectivity index (χ2v) is 7.40. The second-order valence-electron chi connectivity index (χ2n) is 7.40. The normalized spacial score (nSPS) is 21.9. The van der Waals surface area contributed by atoms with Crippen LogP contribution in [0.4, 0.5) is 4.39 Å². The van der Waals surface area contributed by atoms with E-state index in [1.165, 1.54) is 10.7 Å². The minimum atomic E-state index is -0.377. The smallest absolute Gasteiger partial charge is 0.294 e. The number of nitrogens with zero attached hydrogens (tertiary/aromatic N) is 4. The molecule has 4 rings (SSSR count). The lowest BCUT2D eigenvalue weighted by atomic mass is 10.1. The van der Waals surface area contributed by atoms with E-state index in [0.717, 1.165) is 32.4 Å². The highest BCUT2D eigenvalue weighted by atomic mass is 35.5. The lowest BCUT2D eigenvalue weighted by Gasteiger charge is -2.26. The average molecular weight is 394 g/mol. The maximum absolute atomic E-state index is 14.3. The van der Waals surface area contributed by atoms with Crippen molar-refractivity contribution in [2.24, 2.45) is 0 Å². The minimum Gasteiger partial charge on any atom is -0.329 e. The van der Waals surface area contributed by atoms with Crippen molar-refractivity contribution in [3.63, 3.8) is 0 Å². The van der Waals surface area contributed by atoms with Crippen LogP contribution >= 0.6 is 12.4 Å². The summed E-state index contributed by atoms with van der Waals surface area (Å²) < 4.78 is 15.8. The first-order valence-electron chi connectivity index (χ1n) is 9.31. The maximum Gasteiger partial charge on any atom is 0.294 e. The summed E-state index contributed by atoms with van der Waals surface area (Å²) in [6, 6.07) is 6.88. The number of nitrogens with one attached hydrogen (secondary N) is 1. The SMILES string of the molecule is CC(C)c1nc(C(=O)N2C3CCNCC2CC3)nn1-c1ccccc1F.Cl. The molecule has 6 nitrogen and oxygen atoms in total. The predicted octanol–water partition coefficient (Wildman–Crippen LogP) is 2.92. The molecule has 1 amide bonds. The van der Waals surface area contributed by atoms with Gasteiger partial charge in [-0.2, -0.15) is 0 Å². The Bertz CT molecular complexity index is 810. The first-order chi connectivity index (χ1) is 12.6. The third-order valence-corrected chi connectivity index (χ3v) is 5.31. The molecule has 1 N–H and O–H groups in total. The molecule has 0 radical (unpaired) electrons. The quantitative estimate of drug-likeness (QED) is 0.870. The van der Waals surface area contributed by atoms with E-state index in [9.17, 15) is 9.18 Å². The summed E-state index contributed by atoms with van der Waals surface area (Å²) in [5.41, 5.74) is 0.322. The lowest BCUT2D eigenvalue weighted by Crippen LogP contribution is -2.43. The number of carbonyl (C=O) groups excluding carboxylic acids is 1. The standard InChI is InChI=1S/C19H24FN5O.ClH/c1-12(2)18-22-17(23-25(18)16-6-4-3-5-15(16)20)19(26)24-13-7-8-14(24)11-21-10-9-13;/h3-6,12-14,21H,7-11H2,1-2H3;1H. The van der Waals surface area contributed by atoms with Crippen LogP contribution in [0.25, 0.3) is 5.69 Å². The van der Waals surface area contributed by atoms with Crippen molar-refractivity contribution in [3.8, 4) is 5.69 Å². The van der Waals surface area contributed by atoms with Crippen LogP contribution in [0.2, 0.25) is 0 Å². The Labute approximate surface area is 164 Å². The molecular formula is C19H25ClFN5O. The molecule has 2 aromatic rings. The number of rotatable bonds is 3. The van der Waals surface area contributed by atoms with Gasteiger partial charge >= 0.3 is 0 Å². The van der Waals surface area contributed by atoms with Crippen LogP contribution in [0.15, 0.2) is 24.3 Å². The van der Waals surface area contributed by atoms with Crippen molar-refractivity contribution in [2.75, 3.05) is 13.1 Å². The zero-order chi connectivity index (χ0) is 18.3. The number of aromatic nitrogens is 3. The Morgan fingerprint density at radius 1 is 1.22 bits per heavy atom. The number of amides is 1. The molecule has 2 aliphatic rings. The van der Waals surface area contributed by atoms with Gasteiger partial charge in [-0.3, -0.25) is 4.79 Å². The Morgan fingerprint density at radius 2 is 1.96 bits per heavy atom. The fourth-order valence-corrected chi connectivity index (χ4v) is 4.02. The van der Waals surface area contributed by atoms with Crippen molar-refractivity contribution in [3.05, 3.63) is 41.7 Å². The van der Waals surface area contributed by atoms with Crippen molar-refractivity contribution < 1.29 is 9.18 Å². The minimum absolute atomic E-state index is 0. The molecule has 0 aliphatic carbocycles. The zero-order valence-electron chi connectivity index (χ0n) is 15.6. The van der Waals surface area contributed by atoms with Gasteiger partial charge < -0.3 is 10.2 Å². The topological polar surface area (TPSA) is 63.1 Å².